The van der Waals surface area contributed by atoms with Crippen molar-refractivity contribution in [3.05, 3.63) is 35.1 Å². The maximum Gasteiger partial charge on any atom is 0.287 e. The molecule has 0 unspecified atom stereocenters. The van der Waals surface area contributed by atoms with Crippen molar-refractivity contribution in [2.45, 2.75) is 13.0 Å². The van der Waals surface area contributed by atoms with E-state index in [1.807, 2.05) is 0 Å². The van der Waals surface area contributed by atoms with Gasteiger partial charge in [-0.15, -0.1) is 0 Å². The lowest BCUT2D eigenvalue weighted by Gasteiger charge is -2.17. The molecule has 6 nitrogen and oxygen atoms in total. The number of aliphatic hydroxyl groups is 1. The van der Waals surface area contributed by atoms with Crippen molar-refractivity contribution in [2.75, 3.05) is 14.2 Å². The maximum absolute atomic E-state index is 11.6. The first-order chi connectivity index (χ1) is 9.49. The van der Waals surface area contributed by atoms with Gasteiger partial charge in [0.1, 0.15) is 11.5 Å². The van der Waals surface area contributed by atoms with E-state index >= 15 is 0 Å². The number of methoxy groups -OCH3 is 2. The molecular weight excluding hydrogens is 262 g/mol. The van der Waals surface area contributed by atoms with Crippen molar-refractivity contribution >= 4 is 11.7 Å². The Morgan fingerprint density at radius 1 is 1.30 bits per heavy atom. The van der Waals surface area contributed by atoms with Crippen molar-refractivity contribution in [1.82, 2.24) is 5.32 Å². The molecule has 20 heavy (non-hydrogen) atoms. The third-order valence-electron chi connectivity index (χ3n) is 3.17. The standard InChI is InChI=1S/C14H15NO5/c1-7(16)11-12(15-14(18)13(11)17)9-5-4-8(19-2)6-10(9)20-3/h4-6,12,17H,1-3H3,(H,15,18)/t12-/m0/s1. The van der Waals surface area contributed by atoms with Crippen LogP contribution in [0.4, 0.5) is 0 Å². The highest BCUT2D eigenvalue weighted by Gasteiger charge is 2.36. The molecule has 0 fully saturated rings. The Hall–Kier alpha value is -2.50. The van der Waals surface area contributed by atoms with Gasteiger partial charge in [-0.25, -0.2) is 0 Å². The minimum atomic E-state index is -0.721. The zero-order valence-electron chi connectivity index (χ0n) is 11.4. The topological polar surface area (TPSA) is 84.9 Å². The van der Waals surface area contributed by atoms with Crippen molar-refractivity contribution in [3.8, 4) is 11.5 Å². The van der Waals surface area contributed by atoms with Gasteiger partial charge in [0.05, 0.1) is 25.8 Å². The van der Waals surface area contributed by atoms with Crippen LogP contribution in [-0.4, -0.2) is 31.0 Å². The molecule has 1 aliphatic heterocycles. The summed E-state index contributed by atoms with van der Waals surface area (Å²) in [6.07, 6.45) is 0. The highest BCUT2D eigenvalue weighted by Crippen LogP contribution is 2.36. The van der Waals surface area contributed by atoms with Gasteiger partial charge in [-0.1, -0.05) is 0 Å². The number of hydrogen-bond acceptors (Lipinski definition) is 5. The number of carbonyl (C=O) groups excluding carboxylic acids is 2. The Labute approximate surface area is 116 Å². The minimum Gasteiger partial charge on any atom is -0.503 e. The molecular formula is C14H15NO5. The predicted octanol–water partition coefficient (Wildman–Crippen LogP) is 1.28. The van der Waals surface area contributed by atoms with Crippen LogP contribution in [0.5, 0.6) is 11.5 Å². The molecule has 2 N–H and O–H groups in total. The third-order valence-corrected chi connectivity index (χ3v) is 3.17. The molecule has 0 radical (unpaired) electrons. The summed E-state index contributed by atoms with van der Waals surface area (Å²) in [6.45, 7) is 1.30. The molecule has 0 saturated carbocycles. The van der Waals surface area contributed by atoms with Gasteiger partial charge in [0, 0.05) is 11.6 Å². The summed E-state index contributed by atoms with van der Waals surface area (Å²) >= 11 is 0. The lowest BCUT2D eigenvalue weighted by molar-refractivity contribution is -0.119. The highest BCUT2D eigenvalue weighted by molar-refractivity contribution is 6.08. The molecule has 1 aliphatic rings. The van der Waals surface area contributed by atoms with Crippen LogP contribution < -0.4 is 14.8 Å². The molecule has 106 valence electrons. The number of amides is 1. The first kappa shape index (κ1) is 13.9. The fourth-order valence-corrected chi connectivity index (χ4v) is 2.19. The lowest BCUT2D eigenvalue weighted by atomic mass is 9.97. The molecule has 2 rings (SSSR count). The summed E-state index contributed by atoms with van der Waals surface area (Å²) in [4.78, 5) is 23.2. The van der Waals surface area contributed by atoms with Gasteiger partial charge in [0.2, 0.25) is 0 Å². The summed E-state index contributed by atoms with van der Waals surface area (Å²) in [5, 5.41) is 12.3. The molecule has 0 bridgehead atoms. The molecule has 0 aromatic heterocycles. The van der Waals surface area contributed by atoms with Gasteiger partial charge in [0.25, 0.3) is 5.91 Å². The second-order valence-corrected chi connectivity index (χ2v) is 4.33. The van der Waals surface area contributed by atoms with Crippen molar-refractivity contribution < 1.29 is 24.2 Å². The van der Waals surface area contributed by atoms with E-state index in [1.54, 1.807) is 18.2 Å². The SMILES string of the molecule is COc1ccc([C@@H]2NC(=O)C(O)=C2C(C)=O)c(OC)c1. The fraction of sp³-hybridized carbons (Fsp3) is 0.286. The molecule has 1 amide bonds. The summed E-state index contributed by atoms with van der Waals surface area (Å²) < 4.78 is 10.3. The van der Waals surface area contributed by atoms with E-state index in [0.29, 0.717) is 17.1 Å². The van der Waals surface area contributed by atoms with Gasteiger partial charge in [-0.05, 0) is 19.1 Å². The third kappa shape index (κ3) is 2.20. The number of rotatable bonds is 4. The van der Waals surface area contributed by atoms with Crippen molar-refractivity contribution in [3.63, 3.8) is 0 Å². The molecule has 1 heterocycles. The molecule has 6 heteroatoms. The van der Waals surface area contributed by atoms with Crippen LogP contribution in [-0.2, 0) is 9.59 Å². The van der Waals surface area contributed by atoms with Crippen LogP contribution in [0.25, 0.3) is 0 Å². The predicted molar refractivity (Wildman–Crippen MR) is 70.8 cm³/mol. The van der Waals surface area contributed by atoms with E-state index in [0.717, 1.165) is 0 Å². The largest absolute Gasteiger partial charge is 0.503 e. The minimum absolute atomic E-state index is 0.0402. The van der Waals surface area contributed by atoms with Gasteiger partial charge in [0.15, 0.2) is 11.5 Å². The Balaban J connectivity index is 2.52. The molecule has 1 aromatic rings. The van der Waals surface area contributed by atoms with Crippen molar-refractivity contribution in [1.29, 1.82) is 0 Å². The number of aliphatic hydroxyl groups excluding tert-OH is 1. The summed E-state index contributed by atoms with van der Waals surface area (Å²) in [6, 6.07) is 4.30. The van der Waals surface area contributed by atoms with E-state index in [4.69, 9.17) is 9.47 Å². The normalized spacial score (nSPS) is 17.9. The average Bonchev–Trinajstić information content (AvgIpc) is 2.74. The number of ether oxygens (including phenoxy) is 2. The Bertz CT molecular complexity index is 606. The Morgan fingerprint density at radius 3 is 2.55 bits per heavy atom. The first-order valence-corrected chi connectivity index (χ1v) is 5.96. The van der Waals surface area contributed by atoms with Crippen molar-refractivity contribution in [2.24, 2.45) is 0 Å². The van der Waals surface area contributed by atoms with Crippen LogP contribution in [0, 0.1) is 0 Å². The quantitative estimate of drug-likeness (QED) is 0.866. The number of carbonyl (C=O) groups is 2. The zero-order chi connectivity index (χ0) is 14.9. The molecule has 0 saturated heterocycles. The second-order valence-electron chi connectivity index (χ2n) is 4.33. The Kier molecular flexibility index (Phi) is 3.65. The summed E-state index contributed by atoms with van der Waals surface area (Å²) in [5.41, 5.74) is 0.620. The number of hydrogen-bond donors (Lipinski definition) is 2. The van der Waals surface area contributed by atoms with Crippen LogP contribution in [0.1, 0.15) is 18.5 Å². The fourth-order valence-electron chi connectivity index (χ4n) is 2.19. The molecule has 0 aliphatic carbocycles. The smallest absolute Gasteiger partial charge is 0.287 e. The highest BCUT2D eigenvalue weighted by atomic mass is 16.5. The average molecular weight is 277 g/mol. The monoisotopic (exact) mass is 277 g/mol. The number of Topliss-reactive ketones (excluding diaryl/α,β-unsaturated/α-hetero) is 1. The van der Waals surface area contributed by atoms with Gasteiger partial charge in [-0.3, -0.25) is 9.59 Å². The Morgan fingerprint density at radius 2 is 2.00 bits per heavy atom. The zero-order valence-corrected chi connectivity index (χ0v) is 11.4. The summed E-state index contributed by atoms with van der Waals surface area (Å²) in [5.74, 6) is -0.530. The lowest BCUT2D eigenvalue weighted by Crippen LogP contribution is -2.23. The van der Waals surface area contributed by atoms with Gasteiger partial charge in [-0.2, -0.15) is 0 Å². The van der Waals surface area contributed by atoms with Crippen LogP contribution in [0.2, 0.25) is 0 Å². The summed E-state index contributed by atoms with van der Waals surface area (Å²) in [7, 11) is 3.00. The second kappa shape index (κ2) is 5.24. The molecule has 1 atom stereocenters. The molecule has 0 spiro atoms. The van der Waals surface area contributed by atoms with Crippen LogP contribution in [0.3, 0.4) is 0 Å². The van der Waals surface area contributed by atoms with E-state index in [1.165, 1.54) is 21.1 Å². The maximum atomic E-state index is 11.6. The van der Waals surface area contributed by atoms with Crippen LogP contribution >= 0.6 is 0 Å². The van der Waals surface area contributed by atoms with E-state index < -0.39 is 17.7 Å². The number of nitrogens with one attached hydrogen (secondary N) is 1. The van der Waals surface area contributed by atoms with E-state index in [2.05, 4.69) is 5.32 Å². The van der Waals surface area contributed by atoms with Crippen LogP contribution in [0.15, 0.2) is 29.5 Å². The first-order valence-electron chi connectivity index (χ1n) is 5.96. The van der Waals surface area contributed by atoms with E-state index in [9.17, 15) is 14.7 Å². The van der Waals surface area contributed by atoms with Gasteiger partial charge < -0.3 is 19.9 Å². The van der Waals surface area contributed by atoms with Gasteiger partial charge >= 0.3 is 0 Å². The number of ketones is 1. The van der Waals surface area contributed by atoms with E-state index in [-0.39, 0.29) is 11.4 Å². The number of benzene rings is 1. The molecule has 1 aromatic carbocycles.